The normalized spacial score (nSPS) is 21.1. The Labute approximate surface area is 245 Å². The fraction of sp³-hybridized carbons (Fsp3) is 0.567. The van der Waals surface area contributed by atoms with Gasteiger partial charge < -0.3 is 20.3 Å². The predicted molar refractivity (Wildman–Crippen MR) is 151 cm³/mol. The van der Waals surface area contributed by atoms with E-state index in [4.69, 9.17) is 4.74 Å². The lowest BCUT2D eigenvalue weighted by Gasteiger charge is -2.46. The van der Waals surface area contributed by atoms with Gasteiger partial charge in [0.2, 0.25) is 5.91 Å². The van der Waals surface area contributed by atoms with Gasteiger partial charge in [-0.1, -0.05) is 51.8 Å². The van der Waals surface area contributed by atoms with Gasteiger partial charge in [-0.05, 0) is 36.6 Å². The van der Waals surface area contributed by atoms with E-state index in [1.807, 2.05) is 13.8 Å². The Balaban J connectivity index is 1.82. The molecule has 5 atom stereocenters. The summed E-state index contributed by atoms with van der Waals surface area (Å²) in [7, 11) is -1.78. The molecule has 1 aliphatic heterocycles. The second-order valence-electron chi connectivity index (χ2n) is 11.2. The number of carbonyl (C=O) groups is 1. The number of fused-ring (bicyclic) bond motifs is 1. The fourth-order valence-electron chi connectivity index (χ4n) is 5.44. The van der Waals surface area contributed by atoms with E-state index in [0.29, 0.717) is 12.2 Å². The molecular formula is C30H38F5NO5S. The first-order valence-corrected chi connectivity index (χ1v) is 15.4. The van der Waals surface area contributed by atoms with Gasteiger partial charge in [-0.2, -0.15) is 22.0 Å². The number of benzene rings is 2. The lowest BCUT2D eigenvalue weighted by Crippen LogP contribution is -2.52. The first-order chi connectivity index (χ1) is 19.6. The Bertz CT molecular complexity index is 1240. The van der Waals surface area contributed by atoms with Crippen LogP contribution in [0.4, 0.5) is 22.0 Å². The highest BCUT2D eigenvalue weighted by molar-refractivity contribution is 7.85. The summed E-state index contributed by atoms with van der Waals surface area (Å²) in [4.78, 5) is 13.4. The summed E-state index contributed by atoms with van der Waals surface area (Å²) in [5.74, 6) is -6.34. The number of ether oxygens (including phenoxy) is 1. The van der Waals surface area contributed by atoms with Gasteiger partial charge in [-0.15, -0.1) is 0 Å². The van der Waals surface area contributed by atoms with Crippen LogP contribution < -0.4 is 10.1 Å². The van der Waals surface area contributed by atoms with Crippen LogP contribution in [0, 0.1) is 5.92 Å². The molecule has 1 aliphatic rings. The van der Waals surface area contributed by atoms with E-state index in [2.05, 4.69) is 5.32 Å². The second-order valence-corrected chi connectivity index (χ2v) is 12.8. The van der Waals surface area contributed by atoms with Crippen LogP contribution in [0.3, 0.4) is 0 Å². The first-order valence-electron chi connectivity index (χ1n) is 13.9. The summed E-state index contributed by atoms with van der Waals surface area (Å²) in [6, 6.07) is 11.1. The molecule has 42 heavy (non-hydrogen) atoms. The van der Waals surface area contributed by atoms with Crippen LogP contribution in [-0.4, -0.2) is 56.6 Å². The Morgan fingerprint density at radius 1 is 1.10 bits per heavy atom. The number of carbonyl (C=O) groups excluding carboxylic acids is 1. The van der Waals surface area contributed by atoms with E-state index in [1.165, 1.54) is 6.07 Å². The number of amides is 1. The lowest BCUT2D eigenvalue weighted by molar-refractivity contribution is -0.284. The number of aromatic hydroxyl groups is 2. The van der Waals surface area contributed by atoms with Crippen LogP contribution in [-0.2, 0) is 21.0 Å². The zero-order chi connectivity index (χ0) is 31.3. The van der Waals surface area contributed by atoms with Crippen molar-refractivity contribution in [3.63, 3.8) is 0 Å². The van der Waals surface area contributed by atoms with Crippen LogP contribution >= 0.6 is 0 Å². The number of hydrogen-bond donors (Lipinski definition) is 3. The number of unbranched alkanes of at least 4 members (excludes halogenated alkanes) is 1. The standard InChI is InChI=1S/C30H38F5NO5S/c1-4-5-7-24(36-27(39)19(2)17-42(40)15-6-14-29(31,32)30(33,34)35)26-23-13-12-22(38)16-25(23)41-18-28(26,3)20-8-10-21(37)11-9-20/h8-13,16,19,24,26,37-38H,4-7,14-15,17-18H2,1-3H3,(H,36,39). The third-order valence-corrected chi connectivity index (χ3v) is 9.45. The van der Waals surface area contributed by atoms with Crippen molar-refractivity contribution in [3.05, 3.63) is 53.6 Å². The molecule has 5 unspecified atom stereocenters. The molecule has 3 rings (SSSR count). The third kappa shape index (κ3) is 7.93. The minimum atomic E-state index is -5.66. The lowest BCUT2D eigenvalue weighted by atomic mass is 9.64. The summed E-state index contributed by atoms with van der Waals surface area (Å²) < 4.78 is 82.3. The van der Waals surface area contributed by atoms with Crippen molar-refractivity contribution in [1.82, 2.24) is 5.32 Å². The maximum atomic E-state index is 13.4. The first kappa shape index (κ1) is 33.6. The van der Waals surface area contributed by atoms with Gasteiger partial charge in [0.1, 0.15) is 17.2 Å². The molecule has 2 aromatic carbocycles. The molecule has 2 aromatic rings. The molecule has 0 aliphatic carbocycles. The summed E-state index contributed by atoms with van der Waals surface area (Å²) >= 11 is 0. The topological polar surface area (TPSA) is 95.9 Å². The van der Waals surface area contributed by atoms with Crippen LogP contribution in [0.15, 0.2) is 42.5 Å². The molecule has 0 spiro atoms. The Morgan fingerprint density at radius 2 is 1.74 bits per heavy atom. The van der Waals surface area contributed by atoms with Crippen LogP contribution in [0.25, 0.3) is 0 Å². The average Bonchev–Trinajstić information content (AvgIpc) is 2.90. The average molecular weight is 620 g/mol. The molecule has 12 heteroatoms. The van der Waals surface area contributed by atoms with Crippen molar-refractivity contribution in [3.8, 4) is 17.2 Å². The van der Waals surface area contributed by atoms with E-state index in [1.54, 1.807) is 43.3 Å². The molecular weight excluding hydrogens is 581 g/mol. The number of phenolic OH excluding ortho intramolecular Hbond substituents is 2. The molecule has 0 bridgehead atoms. The molecule has 1 heterocycles. The minimum Gasteiger partial charge on any atom is -0.508 e. The monoisotopic (exact) mass is 619 g/mol. The highest BCUT2D eigenvalue weighted by Crippen LogP contribution is 2.50. The molecule has 0 fully saturated rings. The maximum absolute atomic E-state index is 13.4. The van der Waals surface area contributed by atoms with E-state index >= 15 is 0 Å². The van der Waals surface area contributed by atoms with Gasteiger partial charge in [-0.3, -0.25) is 9.00 Å². The van der Waals surface area contributed by atoms with E-state index in [-0.39, 0.29) is 35.5 Å². The quantitative estimate of drug-likeness (QED) is 0.221. The van der Waals surface area contributed by atoms with Crippen molar-refractivity contribution in [2.75, 3.05) is 18.1 Å². The van der Waals surface area contributed by atoms with Crippen molar-refractivity contribution < 1.29 is 45.9 Å². The Hall–Kier alpha value is -2.89. The molecule has 1 amide bonds. The Morgan fingerprint density at radius 3 is 2.36 bits per heavy atom. The molecule has 0 radical (unpaired) electrons. The number of halogens is 5. The Kier molecular flexibility index (Phi) is 10.9. The van der Waals surface area contributed by atoms with Crippen LogP contribution in [0.5, 0.6) is 17.2 Å². The van der Waals surface area contributed by atoms with Gasteiger partial charge in [0.15, 0.2) is 0 Å². The van der Waals surface area contributed by atoms with Gasteiger partial charge >= 0.3 is 12.1 Å². The number of hydrogen-bond acceptors (Lipinski definition) is 5. The maximum Gasteiger partial charge on any atom is 0.453 e. The van der Waals surface area contributed by atoms with Crippen molar-refractivity contribution in [1.29, 1.82) is 0 Å². The van der Waals surface area contributed by atoms with Crippen molar-refractivity contribution in [2.45, 2.75) is 82.3 Å². The molecule has 3 N–H and O–H groups in total. The number of phenols is 2. The largest absolute Gasteiger partial charge is 0.508 e. The highest BCUT2D eigenvalue weighted by Gasteiger charge is 2.56. The molecule has 6 nitrogen and oxygen atoms in total. The van der Waals surface area contributed by atoms with Gasteiger partial charge in [-0.25, -0.2) is 0 Å². The molecule has 0 aromatic heterocycles. The zero-order valence-corrected chi connectivity index (χ0v) is 24.7. The minimum absolute atomic E-state index is 0.0268. The van der Waals surface area contributed by atoms with Crippen molar-refractivity contribution in [2.24, 2.45) is 5.92 Å². The highest BCUT2D eigenvalue weighted by atomic mass is 32.2. The number of alkyl halides is 5. The summed E-state index contributed by atoms with van der Waals surface area (Å²) in [5, 5.41) is 23.1. The fourth-order valence-corrected chi connectivity index (χ4v) is 6.78. The molecule has 0 saturated carbocycles. The predicted octanol–water partition coefficient (Wildman–Crippen LogP) is 6.57. The smallest absolute Gasteiger partial charge is 0.453 e. The summed E-state index contributed by atoms with van der Waals surface area (Å²) in [6.07, 6.45) is -5.51. The van der Waals surface area contributed by atoms with Crippen LogP contribution in [0.1, 0.15) is 69.9 Å². The van der Waals surface area contributed by atoms with Crippen LogP contribution in [0.2, 0.25) is 0 Å². The number of rotatable bonds is 13. The SMILES string of the molecule is CCCCC(NC(=O)C(C)CS(=O)CCCC(F)(F)C(F)(F)F)C1c2ccc(O)cc2OCC1(C)c1ccc(O)cc1. The second kappa shape index (κ2) is 13.6. The van der Waals surface area contributed by atoms with Gasteiger partial charge in [0.25, 0.3) is 0 Å². The summed E-state index contributed by atoms with van der Waals surface area (Å²) in [5.41, 5.74) is 0.974. The van der Waals surface area contributed by atoms with Gasteiger partial charge in [0.05, 0.1) is 6.61 Å². The summed E-state index contributed by atoms with van der Waals surface area (Å²) in [6.45, 7) is 5.78. The molecule has 234 valence electrons. The zero-order valence-electron chi connectivity index (χ0n) is 23.8. The van der Waals surface area contributed by atoms with E-state index in [0.717, 1.165) is 24.0 Å². The van der Waals surface area contributed by atoms with E-state index < -0.39 is 59.0 Å². The van der Waals surface area contributed by atoms with E-state index in [9.17, 15) is 41.2 Å². The van der Waals surface area contributed by atoms with Crippen molar-refractivity contribution >= 4 is 16.7 Å². The third-order valence-electron chi connectivity index (χ3n) is 7.83. The van der Waals surface area contributed by atoms with Gasteiger partial charge in [0, 0.05) is 63.6 Å². The number of nitrogens with one attached hydrogen (secondary N) is 1. The molecule has 0 saturated heterocycles.